The van der Waals surface area contributed by atoms with E-state index in [9.17, 15) is 8.78 Å². The van der Waals surface area contributed by atoms with E-state index in [0.29, 0.717) is 5.56 Å². The van der Waals surface area contributed by atoms with Crippen molar-refractivity contribution in [2.24, 2.45) is 11.7 Å². The van der Waals surface area contributed by atoms with Gasteiger partial charge in [-0.25, -0.2) is 8.78 Å². The minimum Gasteiger partial charge on any atom is -0.330 e. The van der Waals surface area contributed by atoms with Crippen molar-refractivity contribution in [3.05, 3.63) is 34.3 Å². The fraction of sp³-hybridized carbons (Fsp3) is 0.400. The Morgan fingerprint density at radius 2 is 1.86 bits per heavy atom. The zero-order valence-electron chi connectivity index (χ0n) is 7.38. The molecule has 1 fully saturated rings. The van der Waals surface area contributed by atoms with Gasteiger partial charge >= 0.3 is 0 Å². The molecule has 1 nitrogen and oxygen atoms in total. The van der Waals surface area contributed by atoms with Crippen molar-refractivity contribution in [1.29, 1.82) is 0 Å². The molecular formula is C10H10BrF2N. The molecule has 0 aromatic heterocycles. The van der Waals surface area contributed by atoms with E-state index in [4.69, 9.17) is 5.73 Å². The number of rotatable bonds is 2. The van der Waals surface area contributed by atoms with Crippen LogP contribution in [0.3, 0.4) is 0 Å². The summed E-state index contributed by atoms with van der Waals surface area (Å²) in [7, 11) is 0. The highest BCUT2D eigenvalue weighted by Crippen LogP contribution is 2.60. The van der Waals surface area contributed by atoms with Gasteiger partial charge in [0.05, 0.1) is 5.92 Å². The standard InChI is InChI=1S/C10H10BrF2N/c11-7-3-1-6(2-4-7)9-8(5-14)10(9,12)13/h1-4,8-9H,5,14H2. The lowest BCUT2D eigenvalue weighted by molar-refractivity contribution is 0.0947. The van der Waals surface area contributed by atoms with Crippen LogP contribution in [0, 0.1) is 5.92 Å². The molecule has 2 N–H and O–H groups in total. The molecule has 1 saturated carbocycles. The molecule has 1 aromatic carbocycles. The molecule has 1 aliphatic rings. The SMILES string of the molecule is NCC1C(c2ccc(Br)cc2)C1(F)F. The van der Waals surface area contributed by atoms with Gasteiger partial charge in [-0.2, -0.15) is 0 Å². The van der Waals surface area contributed by atoms with Crippen LogP contribution in [-0.4, -0.2) is 12.5 Å². The highest BCUT2D eigenvalue weighted by atomic mass is 79.9. The molecule has 0 saturated heterocycles. The van der Waals surface area contributed by atoms with Crippen molar-refractivity contribution in [2.75, 3.05) is 6.54 Å². The van der Waals surface area contributed by atoms with E-state index < -0.39 is 17.8 Å². The minimum absolute atomic E-state index is 0.0493. The second kappa shape index (κ2) is 3.28. The van der Waals surface area contributed by atoms with Crippen LogP contribution in [-0.2, 0) is 0 Å². The molecule has 0 aliphatic heterocycles. The topological polar surface area (TPSA) is 26.0 Å². The molecule has 2 unspecified atom stereocenters. The molecule has 0 spiro atoms. The second-order valence-electron chi connectivity index (χ2n) is 3.55. The molecule has 0 radical (unpaired) electrons. The maximum absolute atomic E-state index is 13.2. The number of hydrogen-bond acceptors (Lipinski definition) is 1. The van der Waals surface area contributed by atoms with Gasteiger partial charge in [-0.3, -0.25) is 0 Å². The largest absolute Gasteiger partial charge is 0.330 e. The molecule has 4 heteroatoms. The van der Waals surface area contributed by atoms with Gasteiger partial charge in [-0.15, -0.1) is 0 Å². The number of hydrogen-bond donors (Lipinski definition) is 1. The predicted molar refractivity (Wildman–Crippen MR) is 54.4 cm³/mol. The number of benzene rings is 1. The first-order chi connectivity index (χ1) is 6.57. The van der Waals surface area contributed by atoms with E-state index in [2.05, 4.69) is 15.9 Å². The van der Waals surface area contributed by atoms with Crippen molar-refractivity contribution in [3.63, 3.8) is 0 Å². The molecular weight excluding hydrogens is 252 g/mol. The Hall–Kier alpha value is -0.480. The van der Waals surface area contributed by atoms with Crippen molar-refractivity contribution >= 4 is 15.9 Å². The highest BCUT2D eigenvalue weighted by molar-refractivity contribution is 9.10. The summed E-state index contributed by atoms with van der Waals surface area (Å²) in [6, 6.07) is 6.99. The van der Waals surface area contributed by atoms with Gasteiger partial charge < -0.3 is 5.73 Å². The van der Waals surface area contributed by atoms with Crippen LogP contribution in [0.15, 0.2) is 28.7 Å². The lowest BCUT2D eigenvalue weighted by Gasteiger charge is -1.98. The van der Waals surface area contributed by atoms with Crippen LogP contribution in [0.5, 0.6) is 0 Å². The van der Waals surface area contributed by atoms with Crippen LogP contribution < -0.4 is 5.73 Å². The number of halogens is 3. The third kappa shape index (κ3) is 1.46. The van der Waals surface area contributed by atoms with Crippen LogP contribution in [0.1, 0.15) is 11.5 Å². The summed E-state index contributed by atoms with van der Waals surface area (Å²) in [6.07, 6.45) is 0. The van der Waals surface area contributed by atoms with Gasteiger partial charge in [-0.05, 0) is 17.7 Å². The van der Waals surface area contributed by atoms with Gasteiger partial charge in [0.1, 0.15) is 0 Å². The molecule has 0 bridgehead atoms. The summed E-state index contributed by atoms with van der Waals surface area (Å²) in [4.78, 5) is 0. The van der Waals surface area contributed by atoms with Gasteiger partial charge in [0.25, 0.3) is 5.92 Å². The third-order valence-electron chi connectivity index (χ3n) is 2.69. The molecule has 2 rings (SSSR count). The average molecular weight is 262 g/mol. The summed E-state index contributed by atoms with van der Waals surface area (Å²) >= 11 is 3.26. The first-order valence-electron chi connectivity index (χ1n) is 4.40. The van der Waals surface area contributed by atoms with Gasteiger partial charge in [0.2, 0.25) is 0 Å². The van der Waals surface area contributed by atoms with E-state index in [1.807, 2.05) is 0 Å². The van der Waals surface area contributed by atoms with Crippen molar-refractivity contribution < 1.29 is 8.78 Å². The predicted octanol–water partition coefficient (Wildman–Crippen LogP) is 2.76. The average Bonchev–Trinajstić information content (AvgIpc) is 2.69. The Morgan fingerprint density at radius 1 is 1.29 bits per heavy atom. The summed E-state index contributed by atoms with van der Waals surface area (Å²) in [5.74, 6) is -3.97. The van der Waals surface area contributed by atoms with Crippen LogP contribution in [0.25, 0.3) is 0 Å². The zero-order valence-corrected chi connectivity index (χ0v) is 8.97. The summed E-state index contributed by atoms with van der Waals surface area (Å²) in [5.41, 5.74) is 5.95. The van der Waals surface area contributed by atoms with Gasteiger partial charge in [0.15, 0.2) is 0 Å². The lowest BCUT2D eigenvalue weighted by Crippen LogP contribution is -2.06. The van der Waals surface area contributed by atoms with E-state index in [0.717, 1.165) is 4.47 Å². The zero-order chi connectivity index (χ0) is 10.3. The van der Waals surface area contributed by atoms with Crippen LogP contribution in [0.4, 0.5) is 8.78 Å². The number of alkyl halides is 2. The van der Waals surface area contributed by atoms with Gasteiger partial charge in [0, 0.05) is 16.9 Å². The lowest BCUT2D eigenvalue weighted by atomic mass is 10.1. The van der Waals surface area contributed by atoms with Crippen molar-refractivity contribution in [3.8, 4) is 0 Å². The Labute approximate surface area is 89.4 Å². The Kier molecular flexibility index (Phi) is 2.35. The van der Waals surface area contributed by atoms with Crippen molar-refractivity contribution in [1.82, 2.24) is 0 Å². The smallest absolute Gasteiger partial charge is 0.260 e. The van der Waals surface area contributed by atoms with E-state index in [-0.39, 0.29) is 6.54 Å². The van der Waals surface area contributed by atoms with Crippen LogP contribution >= 0.6 is 15.9 Å². The summed E-state index contributed by atoms with van der Waals surface area (Å²) in [5, 5.41) is 0. The van der Waals surface area contributed by atoms with E-state index >= 15 is 0 Å². The van der Waals surface area contributed by atoms with E-state index in [1.54, 1.807) is 24.3 Å². The molecule has 1 aromatic rings. The molecule has 14 heavy (non-hydrogen) atoms. The Morgan fingerprint density at radius 3 is 2.29 bits per heavy atom. The van der Waals surface area contributed by atoms with E-state index in [1.165, 1.54) is 0 Å². The number of nitrogens with two attached hydrogens (primary N) is 1. The summed E-state index contributed by atoms with van der Waals surface area (Å²) < 4.78 is 27.2. The van der Waals surface area contributed by atoms with Gasteiger partial charge in [-0.1, -0.05) is 28.1 Å². The molecule has 0 heterocycles. The maximum atomic E-state index is 13.2. The summed E-state index contributed by atoms with van der Waals surface area (Å²) in [6.45, 7) is 0.0493. The van der Waals surface area contributed by atoms with Crippen LogP contribution in [0.2, 0.25) is 0 Å². The monoisotopic (exact) mass is 261 g/mol. The quantitative estimate of drug-likeness (QED) is 0.871. The first kappa shape index (κ1) is 10.1. The fourth-order valence-electron chi connectivity index (χ4n) is 1.81. The van der Waals surface area contributed by atoms with Crippen molar-refractivity contribution in [2.45, 2.75) is 11.8 Å². The Bertz CT molecular complexity index is 336. The highest BCUT2D eigenvalue weighted by Gasteiger charge is 2.67. The molecule has 1 aliphatic carbocycles. The third-order valence-corrected chi connectivity index (χ3v) is 3.21. The molecule has 0 amide bonds. The molecule has 76 valence electrons. The fourth-order valence-corrected chi connectivity index (χ4v) is 2.07. The maximum Gasteiger partial charge on any atom is 0.260 e. The minimum atomic E-state index is -2.61. The normalized spacial score (nSPS) is 28.9. The Balaban J connectivity index is 2.22. The second-order valence-corrected chi connectivity index (χ2v) is 4.46. The molecule has 2 atom stereocenters. The first-order valence-corrected chi connectivity index (χ1v) is 5.20.